The zero-order valence-corrected chi connectivity index (χ0v) is 13.7. The van der Waals surface area contributed by atoms with E-state index in [-0.39, 0.29) is 0 Å². The molecule has 1 saturated heterocycles. The van der Waals surface area contributed by atoms with Crippen molar-refractivity contribution in [3.05, 3.63) is 18.2 Å². The minimum atomic E-state index is 0.623. The average molecular weight is 292 g/mol. The number of hydrogen-bond donors (Lipinski definition) is 1. The van der Waals surface area contributed by atoms with Gasteiger partial charge in [-0.15, -0.1) is 0 Å². The number of methoxy groups -OCH3 is 2. The predicted octanol–water partition coefficient (Wildman–Crippen LogP) is 2.92. The van der Waals surface area contributed by atoms with Gasteiger partial charge in [-0.05, 0) is 37.4 Å². The third kappa shape index (κ3) is 3.82. The lowest BCUT2D eigenvalue weighted by Crippen LogP contribution is -2.48. The molecule has 1 N–H and O–H groups in total. The second kappa shape index (κ2) is 7.55. The van der Waals surface area contributed by atoms with E-state index in [0.29, 0.717) is 12.0 Å². The zero-order chi connectivity index (χ0) is 15.2. The van der Waals surface area contributed by atoms with E-state index in [2.05, 4.69) is 30.1 Å². The Balaban J connectivity index is 2.09. The van der Waals surface area contributed by atoms with Crippen molar-refractivity contribution in [3.63, 3.8) is 0 Å². The maximum atomic E-state index is 5.51. The van der Waals surface area contributed by atoms with Crippen LogP contribution in [0, 0.1) is 5.92 Å². The van der Waals surface area contributed by atoms with E-state index >= 15 is 0 Å². The number of piperidine rings is 1. The molecular weight excluding hydrogens is 264 g/mol. The van der Waals surface area contributed by atoms with Crippen LogP contribution in [0.3, 0.4) is 0 Å². The molecule has 0 aliphatic carbocycles. The van der Waals surface area contributed by atoms with E-state index in [9.17, 15) is 0 Å². The Morgan fingerprint density at radius 2 is 2.10 bits per heavy atom. The molecule has 0 amide bonds. The Labute approximate surface area is 128 Å². The molecule has 1 fully saturated rings. The lowest BCUT2D eigenvalue weighted by Gasteiger charge is -2.39. The fraction of sp³-hybridized carbons (Fsp3) is 0.647. The van der Waals surface area contributed by atoms with Crippen LogP contribution < -0.4 is 19.7 Å². The third-order valence-corrected chi connectivity index (χ3v) is 4.29. The Morgan fingerprint density at radius 3 is 2.71 bits per heavy atom. The van der Waals surface area contributed by atoms with Crippen LogP contribution in [-0.4, -0.2) is 39.9 Å². The minimum absolute atomic E-state index is 0.623. The highest BCUT2D eigenvalue weighted by atomic mass is 16.5. The van der Waals surface area contributed by atoms with Crippen molar-refractivity contribution in [2.45, 2.75) is 32.7 Å². The Bertz CT molecular complexity index is 450. The van der Waals surface area contributed by atoms with Crippen LogP contribution in [0.4, 0.5) is 5.69 Å². The van der Waals surface area contributed by atoms with Crippen molar-refractivity contribution in [1.29, 1.82) is 0 Å². The van der Waals surface area contributed by atoms with Gasteiger partial charge in [-0.1, -0.05) is 13.8 Å². The Hall–Kier alpha value is -1.42. The summed E-state index contributed by atoms with van der Waals surface area (Å²) in [7, 11) is 3.43. The summed E-state index contributed by atoms with van der Waals surface area (Å²) in [6.45, 7) is 7.75. The molecule has 0 saturated carbocycles. The monoisotopic (exact) mass is 292 g/mol. The second-order valence-corrected chi connectivity index (χ2v) is 5.81. The molecular formula is C17H28N2O2. The highest BCUT2D eigenvalue weighted by Crippen LogP contribution is 2.34. The summed E-state index contributed by atoms with van der Waals surface area (Å²) in [5.41, 5.74) is 1.14. The molecule has 1 aliphatic heterocycles. The number of ether oxygens (including phenoxy) is 2. The SMILES string of the molecule is CCCNC1CCN(c2cc(OC)ccc2OC)CC1C. The van der Waals surface area contributed by atoms with Gasteiger partial charge in [-0.2, -0.15) is 0 Å². The summed E-state index contributed by atoms with van der Waals surface area (Å²) < 4.78 is 10.9. The molecule has 0 aromatic heterocycles. The van der Waals surface area contributed by atoms with Crippen molar-refractivity contribution in [2.24, 2.45) is 5.92 Å². The van der Waals surface area contributed by atoms with E-state index in [1.807, 2.05) is 12.1 Å². The van der Waals surface area contributed by atoms with Gasteiger partial charge >= 0.3 is 0 Å². The van der Waals surface area contributed by atoms with E-state index in [1.165, 1.54) is 12.8 Å². The van der Waals surface area contributed by atoms with Gasteiger partial charge in [0.2, 0.25) is 0 Å². The summed E-state index contributed by atoms with van der Waals surface area (Å²) in [5, 5.41) is 3.66. The van der Waals surface area contributed by atoms with Crippen LogP contribution in [0.1, 0.15) is 26.7 Å². The first kappa shape index (κ1) is 16.0. The largest absolute Gasteiger partial charge is 0.497 e. The highest BCUT2D eigenvalue weighted by Gasteiger charge is 2.27. The fourth-order valence-corrected chi connectivity index (χ4v) is 3.04. The maximum Gasteiger partial charge on any atom is 0.142 e. The van der Waals surface area contributed by atoms with Gasteiger partial charge in [-0.3, -0.25) is 0 Å². The van der Waals surface area contributed by atoms with Crippen LogP contribution in [0.5, 0.6) is 11.5 Å². The molecule has 1 heterocycles. The van der Waals surface area contributed by atoms with Gasteiger partial charge in [0.05, 0.1) is 19.9 Å². The first-order chi connectivity index (χ1) is 10.2. The maximum absolute atomic E-state index is 5.51. The number of hydrogen-bond acceptors (Lipinski definition) is 4. The average Bonchev–Trinajstić information content (AvgIpc) is 2.53. The molecule has 0 spiro atoms. The summed E-state index contributed by atoms with van der Waals surface area (Å²) >= 11 is 0. The molecule has 0 bridgehead atoms. The van der Waals surface area contributed by atoms with Gasteiger partial charge < -0.3 is 19.7 Å². The topological polar surface area (TPSA) is 33.7 Å². The smallest absolute Gasteiger partial charge is 0.142 e. The molecule has 118 valence electrons. The molecule has 21 heavy (non-hydrogen) atoms. The Kier molecular flexibility index (Phi) is 5.74. The number of nitrogens with one attached hydrogen (secondary N) is 1. The van der Waals surface area contributed by atoms with E-state index < -0.39 is 0 Å². The summed E-state index contributed by atoms with van der Waals surface area (Å²) in [4.78, 5) is 2.41. The number of rotatable bonds is 6. The first-order valence-electron chi connectivity index (χ1n) is 7.90. The predicted molar refractivity (Wildman–Crippen MR) is 87.6 cm³/mol. The molecule has 2 rings (SSSR count). The van der Waals surface area contributed by atoms with Crippen molar-refractivity contribution in [1.82, 2.24) is 5.32 Å². The molecule has 0 radical (unpaired) electrons. The van der Waals surface area contributed by atoms with E-state index in [1.54, 1.807) is 14.2 Å². The normalized spacial score (nSPS) is 22.2. The standard InChI is InChI=1S/C17H28N2O2/c1-5-9-18-15-8-10-19(12-13(15)2)16-11-14(20-3)6-7-17(16)21-4/h6-7,11,13,15,18H,5,8-10,12H2,1-4H3. The minimum Gasteiger partial charge on any atom is -0.497 e. The van der Waals surface area contributed by atoms with Crippen molar-refractivity contribution >= 4 is 5.69 Å². The second-order valence-electron chi connectivity index (χ2n) is 5.81. The van der Waals surface area contributed by atoms with Gasteiger partial charge in [0.15, 0.2) is 0 Å². The van der Waals surface area contributed by atoms with Crippen LogP contribution in [-0.2, 0) is 0 Å². The summed E-state index contributed by atoms with van der Waals surface area (Å²) in [6.07, 6.45) is 2.36. The quantitative estimate of drug-likeness (QED) is 0.874. The van der Waals surface area contributed by atoms with Crippen LogP contribution in [0.25, 0.3) is 0 Å². The molecule has 1 aliphatic rings. The molecule has 2 unspecified atom stereocenters. The van der Waals surface area contributed by atoms with Gasteiger partial charge in [-0.25, -0.2) is 0 Å². The molecule has 2 atom stereocenters. The number of nitrogens with zero attached hydrogens (tertiary/aromatic N) is 1. The van der Waals surface area contributed by atoms with Crippen LogP contribution in [0.2, 0.25) is 0 Å². The lowest BCUT2D eigenvalue weighted by molar-refractivity contribution is 0.319. The third-order valence-electron chi connectivity index (χ3n) is 4.29. The Morgan fingerprint density at radius 1 is 1.29 bits per heavy atom. The van der Waals surface area contributed by atoms with E-state index in [4.69, 9.17) is 9.47 Å². The number of anilines is 1. The van der Waals surface area contributed by atoms with Gasteiger partial charge in [0.25, 0.3) is 0 Å². The van der Waals surface area contributed by atoms with Crippen molar-refractivity contribution < 1.29 is 9.47 Å². The fourth-order valence-electron chi connectivity index (χ4n) is 3.04. The van der Waals surface area contributed by atoms with Gasteiger partial charge in [0, 0.05) is 25.2 Å². The summed E-state index contributed by atoms with van der Waals surface area (Å²) in [6, 6.07) is 6.63. The summed E-state index contributed by atoms with van der Waals surface area (Å²) in [5.74, 6) is 2.42. The zero-order valence-electron chi connectivity index (χ0n) is 13.7. The molecule has 1 aromatic rings. The highest BCUT2D eigenvalue weighted by molar-refractivity contribution is 5.62. The molecule has 4 heteroatoms. The first-order valence-corrected chi connectivity index (χ1v) is 7.90. The molecule has 4 nitrogen and oxygen atoms in total. The molecule has 1 aromatic carbocycles. The van der Waals surface area contributed by atoms with Crippen LogP contribution >= 0.6 is 0 Å². The van der Waals surface area contributed by atoms with Crippen LogP contribution in [0.15, 0.2) is 18.2 Å². The van der Waals surface area contributed by atoms with Crippen molar-refractivity contribution in [2.75, 3.05) is 38.8 Å². The van der Waals surface area contributed by atoms with E-state index in [0.717, 1.165) is 36.8 Å². The van der Waals surface area contributed by atoms with Crippen molar-refractivity contribution in [3.8, 4) is 11.5 Å². The van der Waals surface area contributed by atoms with Gasteiger partial charge in [0.1, 0.15) is 11.5 Å². The number of benzene rings is 1. The lowest BCUT2D eigenvalue weighted by atomic mass is 9.93.